The van der Waals surface area contributed by atoms with Gasteiger partial charge in [-0.15, -0.1) is 0 Å². The van der Waals surface area contributed by atoms with E-state index in [-0.39, 0.29) is 12.4 Å². The third-order valence-corrected chi connectivity index (χ3v) is 3.15. The van der Waals surface area contributed by atoms with Crippen LogP contribution >= 0.6 is 15.9 Å². The van der Waals surface area contributed by atoms with Gasteiger partial charge in [-0.05, 0) is 22.0 Å². The molecular weight excluding hydrogens is 310 g/mol. The Morgan fingerprint density at radius 2 is 2.16 bits per heavy atom. The number of halogens is 1. The minimum Gasteiger partial charge on any atom is -0.491 e. The molecule has 5 heteroatoms. The monoisotopic (exact) mass is 329 g/mol. The highest BCUT2D eigenvalue weighted by atomic mass is 79.9. The first-order valence-electron chi connectivity index (χ1n) is 6.25. The van der Waals surface area contributed by atoms with Gasteiger partial charge in [-0.1, -0.05) is 26.0 Å². The molecule has 0 unspecified atom stereocenters. The second-order valence-corrected chi connectivity index (χ2v) is 5.29. The van der Waals surface area contributed by atoms with Crippen molar-refractivity contribution >= 4 is 21.9 Å². The first-order chi connectivity index (χ1) is 9.04. The minimum atomic E-state index is -0.270. The van der Waals surface area contributed by atoms with Crippen molar-refractivity contribution in [1.29, 1.82) is 0 Å². The van der Waals surface area contributed by atoms with Crippen molar-refractivity contribution in [2.75, 3.05) is 13.7 Å². The van der Waals surface area contributed by atoms with Crippen LogP contribution in [0.4, 0.5) is 0 Å². The molecule has 0 aliphatic rings. The number of esters is 1. The first-order valence-corrected chi connectivity index (χ1v) is 7.04. The molecule has 1 N–H and O–H groups in total. The second-order valence-electron chi connectivity index (χ2n) is 4.44. The Balaban J connectivity index is 2.66. The van der Waals surface area contributed by atoms with Crippen molar-refractivity contribution in [3.05, 3.63) is 28.2 Å². The third-order valence-electron chi connectivity index (χ3n) is 2.53. The largest absolute Gasteiger partial charge is 0.491 e. The van der Waals surface area contributed by atoms with Gasteiger partial charge in [-0.2, -0.15) is 0 Å². The number of hydrogen-bond donors (Lipinski definition) is 1. The van der Waals surface area contributed by atoms with E-state index in [4.69, 9.17) is 4.74 Å². The molecule has 0 aromatic heterocycles. The fourth-order valence-electron chi connectivity index (χ4n) is 1.51. The molecule has 0 atom stereocenters. The Kier molecular flexibility index (Phi) is 6.87. The predicted octanol–water partition coefficient (Wildman–Crippen LogP) is 2.89. The minimum absolute atomic E-state index is 0.245. The molecule has 0 saturated carbocycles. The lowest BCUT2D eigenvalue weighted by molar-refractivity contribution is -0.141. The summed E-state index contributed by atoms with van der Waals surface area (Å²) in [5.41, 5.74) is 1.06. The summed E-state index contributed by atoms with van der Waals surface area (Å²) in [4.78, 5) is 11.1. The van der Waals surface area contributed by atoms with Gasteiger partial charge < -0.3 is 14.8 Å². The van der Waals surface area contributed by atoms with Crippen molar-refractivity contribution < 1.29 is 14.3 Å². The van der Waals surface area contributed by atoms with Crippen LogP contribution in [0.1, 0.15) is 25.8 Å². The van der Waals surface area contributed by atoms with E-state index in [1.54, 1.807) is 0 Å². The summed E-state index contributed by atoms with van der Waals surface area (Å²) in [6.45, 7) is 5.22. The molecular formula is C14H20BrNO3. The van der Waals surface area contributed by atoms with Crippen molar-refractivity contribution in [3.63, 3.8) is 0 Å². The van der Waals surface area contributed by atoms with Gasteiger partial charge >= 0.3 is 5.97 Å². The van der Waals surface area contributed by atoms with Gasteiger partial charge in [-0.3, -0.25) is 4.79 Å². The SMILES string of the molecule is COC(=O)CCOc1c(Br)cccc1CNC(C)C. The zero-order chi connectivity index (χ0) is 14.3. The van der Waals surface area contributed by atoms with Crippen molar-refractivity contribution in [2.24, 2.45) is 0 Å². The Hall–Kier alpha value is -1.07. The Bertz CT molecular complexity index is 421. The number of ether oxygens (including phenoxy) is 2. The Labute approximate surface area is 122 Å². The lowest BCUT2D eigenvalue weighted by Gasteiger charge is -2.15. The topological polar surface area (TPSA) is 47.6 Å². The molecule has 0 saturated heterocycles. The number of hydrogen-bond acceptors (Lipinski definition) is 4. The van der Waals surface area contributed by atoms with Gasteiger partial charge in [0, 0.05) is 18.2 Å². The lowest BCUT2D eigenvalue weighted by Crippen LogP contribution is -2.22. The van der Waals surface area contributed by atoms with Gasteiger partial charge in [0.1, 0.15) is 5.75 Å². The van der Waals surface area contributed by atoms with E-state index >= 15 is 0 Å². The first kappa shape index (κ1) is 16.0. The maximum Gasteiger partial charge on any atom is 0.308 e. The molecule has 0 amide bonds. The summed E-state index contributed by atoms with van der Waals surface area (Å²) in [5.74, 6) is 0.508. The van der Waals surface area contributed by atoms with Crippen molar-refractivity contribution in [2.45, 2.75) is 32.9 Å². The molecule has 0 heterocycles. The molecule has 0 radical (unpaired) electrons. The van der Waals surface area contributed by atoms with Crippen LogP contribution in [-0.2, 0) is 16.1 Å². The van der Waals surface area contributed by atoms with Crippen LogP contribution in [-0.4, -0.2) is 25.7 Å². The Morgan fingerprint density at radius 1 is 1.42 bits per heavy atom. The predicted molar refractivity (Wildman–Crippen MR) is 78.2 cm³/mol. The molecule has 1 aromatic rings. The highest BCUT2D eigenvalue weighted by Crippen LogP contribution is 2.29. The highest BCUT2D eigenvalue weighted by Gasteiger charge is 2.09. The summed E-state index contributed by atoms with van der Waals surface area (Å²) < 4.78 is 11.2. The quantitative estimate of drug-likeness (QED) is 0.781. The fourth-order valence-corrected chi connectivity index (χ4v) is 2.03. The van der Waals surface area contributed by atoms with E-state index < -0.39 is 0 Å². The van der Waals surface area contributed by atoms with Crippen LogP contribution in [0.2, 0.25) is 0 Å². The molecule has 19 heavy (non-hydrogen) atoms. The highest BCUT2D eigenvalue weighted by molar-refractivity contribution is 9.10. The smallest absolute Gasteiger partial charge is 0.308 e. The van der Waals surface area contributed by atoms with Crippen LogP contribution in [0.3, 0.4) is 0 Å². The summed E-state index contributed by atoms with van der Waals surface area (Å²) in [5, 5.41) is 3.35. The number of benzene rings is 1. The van der Waals surface area contributed by atoms with Gasteiger partial charge in [0.15, 0.2) is 0 Å². The van der Waals surface area contributed by atoms with E-state index in [0.717, 1.165) is 22.3 Å². The average molecular weight is 330 g/mol. The molecule has 0 aliphatic carbocycles. The second kappa shape index (κ2) is 8.17. The van der Waals surface area contributed by atoms with E-state index in [2.05, 4.69) is 39.8 Å². The van der Waals surface area contributed by atoms with Gasteiger partial charge in [0.2, 0.25) is 0 Å². The molecule has 1 aromatic carbocycles. The van der Waals surface area contributed by atoms with Gasteiger partial charge in [-0.25, -0.2) is 0 Å². The van der Waals surface area contributed by atoms with E-state index in [1.807, 2.05) is 18.2 Å². The van der Waals surface area contributed by atoms with Crippen molar-refractivity contribution in [1.82, 2.24) is 5.32 Å². The van der Waals surface area contributed by atoms with Gasteiger partial charge in [0.25, 0.3) is 0 Å². The number of nitrogens with one attached hydrogen (secondary N) is 1. The van der Waals surface area contributed by atoms with Crippen LogP contribution in [0.5, 0.6) is 5.75 Å². The molecule has 1 rings (SSSR count). The number of methoxy groups -OCH3 is 1. The maximum absolute atomic E-state index is 11.1. The number of para-hydroxylation sites is 1. The van der Waals surface area contributed by atoms with E-state index in [0.29, 0.717) is 12.6 Å². The average Bonchev–Trinajstić information content (AvgIpc) is 2.38. The summed E-state index contributed by atoms with van der Waals surface area (Å²) in [6.07, 6.45) is 0.245. The maximum atomic E-state index is 11.1. The van der Waals surface area contributed by atoms with Crippen LogP contribution in [0.25, 0.3) is 0 Å². The fraction of sp³-hybridized carbons (Fsp3) is 0.500. The van der Waals surface area contributed by atoms with Crippen molar-refractivity contribution in [3.8, 4) is 5.75 Å². The molecule has 4 nitrogen and oxygen atoms in total. The summed E-state index contributed by atoms with van der Waals surface area (Å²) in [7, 11) is 1.37. The van der Waals surface area contributed by atoms with Crippen LogP contribution in [0, 0.1) is 0 Å². The van der Waals surface area contributed by atoms with E-state index in [1.165, 1.54) is 7.11 Å². The lowest BCUT2D eigenvalue weighted by atomic mass is 10.2. The zero-order valence-corrected chi connectivity index (χ0v) is 13.1. The number of carbonyl (C=O) groups excluding carboxylic acids is 1. The summed E-state index contributed by atoms with van der Waals surface area (Å²) in [6, 6.07) is 6.30. The standard InChI is InChI=1S/C14H20BrNO3/c1-10(2)16-9-11-5-4-6-12(15)14(11)19-8-7-13(17)18-3/h4-6,10,16H,7-9H2,1-3H3. The third kappa shape index (κ3) is 5.61. The van der Waals surface area contributed by atoms with E-state index in [9.17, 15) is 4.79 Å². The summed E-state index contributed by atoms with van der Waals surface area (Å²) >= 11 is 3.47. The normalized spacial score (nSPS) is 10.6. The zero-order valence-electron chi connectivity index (χ0n) is 11.5. The van der Waals surface area contributed by atoms with Gasteiger partial charge in [0.05, 0.1) is 24.6 Å². The Morgan fingerprint density at radius 3 is 2.79 bits per heavy atom. The number of carbonyl (C=O) groups is 1. The molecule has 106 valence electrons. The molecule has 0 fully saturated rings. The number of rotatable bonds is 7. The molecule has 0 spiro atoms. The molecule has 0 bridgehead atoms. The van der Waals surface area contributed by atoms with Crippen LogP contribution in [0.15, 0.2) is 22.7 Å². The van der Waals surface area contributed by atoms with Crippen LogP contribution < -0.4 is 10.1 Å². The molecule has 0 aliphatic heterocycles.